The summed E-state index contributed by atoms with van der Waals surface area (Å²) in [7, 11) is 0. The van der Waals surface area contributed by atoms with Crippen molar-refractivity contribution in [2.24, 2.45) is 0 Å². The Morgan fingerprint density at radius 1 is 0.909 bits per heavy atom. The molecule has 0 saturated heterocycles. The molecule has 188 valence electrons. The molecule has 2 rings (SSSR count). The molecule has 0 amide bonds. The number of allylic oxidation sites excluding steroid dienone is 1. The van der Waals surface area contributed by atoms with Crippen molar-refractivity contribution in [3.05, 3.63) is 44.6 Å². The average molecular weight is 465 g/mol. The van der Waals surface area contributed by atoms with Gasteiger partial charge < -0.3 is 14.6 Å². The molecular formula is C26H44N2O5. The van der Waals surface area contributed by atoms with Gasteiger partial charge >= 0.3 is 5.69 Å². The molecule has 0 aromatic carbocycles. The van der Waals surface area contributed by atoms with Gasteiger partial charge in [-0.25, -0.2) is 4.79 Å². The maximum absolute atomic E-state index is 12.2. The Balaban J connectivity index is 1.59. The van der Waals surface area contributed by atoms with Gasteiger partial charge in [0.05, 0.1) is 0 Å². The van der Waals surface area contributed by atoms with E-state index in [0.717, 1.165) is 12.8 Å². The Labute approximate surface area is 198 Å². The summed E-state index contributed by atoms with van der Waals surface area (Å²) >= 11 is 0. The van der Waals surface area contributed by atoms with Crippen molar-refractivity contribution in [2.75, 3.05) is 6.61 Å². The summed E-state index contributed by atoms with van der Waals surface area (Å²) in [6.45, 7) is 4.62. The van der Waals surface area contributed by atoms with Gasteiger partial charge in [0.2, 0.25) is 6.23 Å². The molecule has 1 aromatic rings. The van der Waals surface area contributed by atoms with Crippen LogP contribution in [0.2, 0.25) is 0 Å². The summed E-state index contributed by atoms with van der Waals surface area (Å²) < 4.78 is 12.9. The topological polar surface area (TPSA) is 93.5 Å². The third kappa shape index (κ3) is 9.40. The number of ether oxygens (including phenoxy) is 2. The van der Waals surface area contributed by atoms with Gasteiger partial charge in [-0.15, -0.1) is 0 Å². The maximum Gasteiger partial charge on any atom is 0.331 e. The maximum atomic E-state index is 12.2. The zero-order chi connectivity index (χ0) is 23.9. The number of aliphatic hydroxyl groups excluding tert-OH is 1. The minimum absolute atomic E-state index is 0.0333. The van der Waals surface area contributed by atoms with E-state index in [2.05, 4.69) is 11.9 Å². The molecule has 1 unspecified atom stereocenters. The molecule has 0 bridgehead atoms. The molecular weight excluding hydrogens is 420 g/mol. The van der Waals surface area contributed by atoms with Gasteiger partial charge in [-0.05, 0) is 6.42 Å². The molecule has 1 aliphatic heterocycles. The lowest BCUT2D eigenvalue weighted by atomic mass is 10.0. The Bertz CT molecular complexity index is 813. The van der Waals surface area contributed by atoms with Gasteiger partial charge in [-0.2, -0.15) is 0 Å². The van der Waals surface area contributed by atoms with Crippen LogP contribution in [0, 0.1) is 0 Å². The highest BCUT2D eigenvalue weighted by atomic mass is 16.6. The van der Waals surface area contributed by atoms with E-state index in [4.69, 9.17) is 9.47 Å². The number of H-pyrrole nitrogens is 1. The fourth-order valence-electron chi connectivity index (χ4n) is 4.32. The van der Waals surface area contributed by atoms with Crippen molar-refractivity contribution in [3.63, 3.8) is 0 Å². The van der Waals surface area contributed by atoms with E-state index in [9.17, 15) is 14.7 Å². The van der Waals surface area contributed by atoms with Crippen molar-refractivity contribution >= 4 is 0 Å². The molecule has 0 radical (unpaired) electrons. The van der Waals surface area contributed by atoms with Crippen LogP contribution in [0.15, 0.2) is 33.4 Å². The van der Waals surface area contributed by atoms with Crippen LogP contribution in [-0.4, -0.2) is 27.4 Å². The first-order valence-electron chi connectivity index (χ1n) is 13.1. The molecule has 7 nitrogen and oxygen atoms in total. The van der Waals surface area contributed by atoms with Crippen LogP contribution in [0.5, 0.6) is 0 Å². The first kappa shape index (κ1) is 27.2. The summed E-state index contributed by atoms with van der Waals surface area (Å²) in [6.07, 6.45) is 18.4. The van der Waals surface area contributed by atoms with E-state index < -0.39 is 23.6 Å². The molecule has 7 heteroatoms. The van der Waals surface area contributed by atoms with Gasteiger partial charge in [0, 0.05) is 25.3 Å². The van der Waals surface area contributed by atoms with Crippen LogP contribution >= 0.6 is 0 Å². The van der Waals surface area contributed by atoms with Crippen LogP contribution in [0.25, 0.3) is 0 Å². The molecule has 33 heavy (non-hydrogen) atoms. The Kier molecular flexibility index (Phi) is 13.0. The first-order chi connectivity index (χ1) is 16.1. The molecule has 0 fully saturated rings. The van der Waals surface area contributed by atoms with E-state index in [1.54, 1.807) is 0 Å². The molecule has 2 N–H and O–H groups in total. The number of unbranched alkanes of at least 4 members (excludes halogenated alkanes) is 13. The lowest BCUT2D eigenvalue weighted by molar-refractivity contribution is -0.0545. The van der Waals surface area contributed by atoms with Crippen LogP contribution < -0.4 is 11.2 Å². The van der Waals surface area contributed by atoms with Gasteiger partial charge in [0.15, 0.2) is 11.9 Å². The van der Waals surface area contributed by atoms with E-state index >= 15 is 0 Å². The predicted octanol–water partition coefficient (Wildman–Crippen LogP) is 6.11. The van der Waals surface area contributed by atoms with Crippen LogP contribution in [0.1, 0.15) is 116 Å². The number of aromatic nitrogens is 2. The number of aliphatic hydroxyl groups is 1. The van der Waals surface area contributed by atoms with Crippen LogP contribution in [-0.2, 0) is 9.47 Å². The Hall–Kier alpha value is -2.02. The highest BCUT2D eigenvalue weighted by Crippen LogP contribution is 2.34. The molecule has 2 atom stereocenters. The van der Waals surface area contributed by atoms with Crippen molar-refractivity contribution in [1.29, 1.82) is 0 Å². The summed E-state index contributed by atoms with van der Waals surface area (Å²) in [5, 5.41) is 10.5. The van der Waals surface area contributed by atoms with Gasteiger partial charge in [-0.3, -0.25) is 14.3 Å². The fourth-order valence-corrected chi connectivity index (χ4v) is 4.32. The molecule has 0 spiro atoms. The summed E-state index contributed by atoms with van der Waals surface area (Å²) in [5.74, 6) is 0.454. The second-order valence-electron chi connectivity index (χ2n) is 9.08. The standard InChI is InChI=1S/C26H44N2O5/c1-3-5-6-7-8-9-10-11-12-13-14-15-16-17-20-32-24-23(30)21(4-2)33-25(24)28-19-18-22(29)27-26(28)31/h18-19,24-25,30H,3-17,20H2,1-2H3,(H,27,29,31)/t24?,25-/m1/s1. The molecule has 1 aliphatic rings. The van der Waals surface area contributed by atoms with Crippen molar-refractivity contribution in [1.82, 2.24) is 9.55 Å². The van der Waals surface area contributed by atoms with Crippen molar-refractivity contribution < 1.29 is 14.6 Å². The summed E-state index contributed by atoms with van der Waals surface area (Å²) in [4.78, 5) is 25.7. The second-order valence-corrected chi connectivity index (χ2v) is 9.08. The van der Waals surface area contributed by atoms with E-state index in [1.165, 1.54) is 93.9 Å². The predicted molar refractivity (Wildman–Crippen MR) is 131 cm³/mol. The minimum Gasteiger partial charge on any atom is -0.506 e. The Morgan fingerprint density at radius 3 is 1.97 bits per heavy atom. The van der Waals surface area contributed by atoms with Crippen molar-refractivity contribution in [3.8, 4) is 0 Å². The zero-order valence-electron chi connectivity index (χ0n) is 20.7. The van der Waals surface area contributed by atoms with Crippen LogP contribution in [0.3, 0.4) is 0 Å². The van der Waals surface area contributed by atoms with Gasteiger partial charge in [0.1, 0.15) is 5.76 Å². The molecule has 1 aromatic heterocycles. The smallest absolute Gasteiger partial charge is 0.331 e. The average Bonchev–Trinajstić information content (AvgIpc) is 3.11. The minimum atomic E-state index is -0.809. The number of rotatable bonds is 18. The lowest BCUT2D eigenvalue weighted by Gasteiger charge is -2.21. The number of nitrogens with one attached hydrogen (secondary N) is 1. The third-order valence-electron chi connectivity index (χ3n) is 6.32. The largest absolute Gasteiger partial charge is 0.506 e. The van der Waals surface area contributed by atoms with Crippen LogP contribution in [0.4, 0.5) is 0 Å². The number of nitrogens with zero attached hydrogens (tertiary/aromatic N) is 1. The third-order valence-corrected chi connectivity index (χ3v) is 6.32. The second kappa shape index (κ2) is 15.8. The Morgan fingerprint density at radius 2 is 1.45 bits per heavy atom. The molecule has 0 aliphatic carbocycles. The number of hydrogen-bond donors (Lipinski definition) is 2. The SMILES string of the molecule is CCCCCCCCCCCCCCCCOC1C(O)=C(CC)O[C@H]1n1ccc(=O)[nH]c1=O. The number of hydrogen-bond acceptors (Lipinski definition) is 5. The summed E-state index contributed by atoms with van der Waals surface area (Å²) in [5.41, 5.74) is -1.05. The monoisotopic (exact) mass is 464 g/mol. The summed E-state index contributed by atoms with van der Waals surface area (Å²) in [6, 6.07) is 1.26. The van der Waals surface area contributed by atoms with E-state index in [-0.39, 0.29) is 5.76 Å². The highest BCUT2D eigenvalue weighted by molar-refractivity contribution is 5.13. The molecule has 0 saturated carbocycles. The highest BCUT2D eigenvalue weighted by Gasteiger charge is 2.39. The van der Waals surface area contributed by atoms with E-state index in [0.29, 0.717) is 18.8 Å². The lowest BCUT2D eigenvalue weighted by Crippen LogP contribution is -2.37. The van der Waals surface area contributed by atoms with E-state index in [1.807, 2.05) is 6.92 Å². The first-order valence-corrected chi connectivity index (χ1v) is 13.1. The molecule has 2 heterocycles. The van der Waals surface area contributed by atoms with Crippen molar-refractivity contribution in [2.45, 2.75) is 122 Å². The fraction of sp³-hybridized carbons (Fsp3) is 0.769. The normalized spacial score (nSPS) is 18.1. The van der Waals surface area contributed by atoms with Gasteiger partial charge in [-0.1, -0.05) is 97.3 Å². The van der Waals surface area contributed by atoms with Gasteiger partial charge in [0.25, 0.3) is 5.56 Å². The quantitative estimate of drug-likeness (QED) is 0.256. The zero-order valence-corrected chi connectivity index (χ0v) is 20.7. The number of aromatic amines is 1.